The van der Waals surface area contributed by atoms with E-state index in [2.05, 4.69) is 37.8 Å². The minimum Gasteiger partial charge on any atom is -0.206 e. The zero-order valence-electron chi connectivity index (χ0n) is 8.09. The Bertz CT molecular complexity index is 219. The Balaban J connectivity index is 2.70. The molecule has 0 aromatic carbocycles. The number of nitrogens with zero attached hydrogens (tertiary/aromatic N) is 1. The highest BCUT2D eigenvalue weighted by molar-refractivity contribution is 5.20. The van der Waals surface area contributed by atoms with Crippen molar-refractivity contribution in [3.8, 4) is 0 Å². The van der Waals surface area contributed by atoms with Crippen molar-refractivity contribution in [3.05, 3.63) is 24.4 Å². The Morgan fingerprint density at radius 1 is 1.50 bits per heavy atom. The van der Waals surface area contributed by atoms with Crippen molar-refractivity contribution in [2.45, 2.75) is 32.7 Å². The molecule has 0 spiro atoms. The van der Waals surface area contributed by atoms with Gasteiger partial charge in [-0.3, -0.25) is 0 Å². The molecule has 0 amide bonds. The molecular formula is C11H18N+. The van der Waals surface area contributed by atoms with E-state index in [1.54, 1.807) is 0 Å². The van der Waals surface area contributed by atoms with Crippen LogP contribution in [-0.2, 0) is 0 Å². The normalized spacial score (nSPS) is 18.1. The predicted octanol–water partition coefficient (Wildman–Crippen LogP) is 2.59. The minimum absolute atomic E-state index is 0.543. The van der Waals surface area contributed by atoms with Gasteiger partial charge in [0.1, 0.15) is 6.72 Å². The maximum Gasteiger partial charge on any atom is 0.183 e. The molecule has 1 rings (SSSR count). The first-order valence-electron chi connectivity index (χ1n) is 4.59. The van der Waals surface area contributed by atoms with Crippen LogP contribution in [0.5, 0.6) is 0 Å². The number of hydrogen-bond donors (Lipinski definition) is 0. The Labute approximate surface area is 75.1 Å². The molecule has 0 atom stereocenters. The van der Waals surface area contributed by atoms with E-state index >= 15 is 0 Å². The van der Waals surface area contributed by atoms with Crippen LogP contribution in [0.4, 0.5) is 0 Å². The summed E-state index contributed by atoms with van der Waals surface area (Å²) in [5.74, 6) is 0.543. The quantitative estimate of drug-likeness (QED) is 0.341. The van der Waals surface area contributed by atoms with Gasteiger partial charge in [-0.05, 0) is 0 Å². The molecule has 1 nitrogen and oxygen atoms in total. The van der Waals surface area contributed by atoms with Crippen LogP contribution >= 0.6 is 0 Å². The standard InChI is InChI=1S/C11H18N/c1-5-6-11(9(2)3)12(4)10-7-8-10/h5-6,9-10H,1,4,7-8H2,2-3H3/q+1. The highest BCUT2D eigenvalue weighted by atomic mass is 15.1. The van der Waals surface area contributed by atoms with Crippen LogP contribution in [0.15, 0.2) is 24.4 Å². The molecule has 0 aromatic rings. The van der Waals surface area contributed by atoms with E-state index < -0.39 is 0 Å². The summed E-state index contributed by atoms with van der Waals surface area (Å²) >= 11 is 0. The van der Waals surface area contributed by atoms with Crippen LogP contribution in [0.2, 0.25) is 0 Å². The first-order chi connectivity index (χ1) is 5.66. The molecule has 0 unspecified atom stereocenters. The Morgan fingerprint density at radius 2 is 2.08 bits per heavy atom. The summed E-state index contributed by atoms with van der Waals surface area (Å²) in [5, 5.41) is 0. The maximum atomic E-state index is 4.06. The zero-order valence-corrected chi connectivity index (χ0v) is 8.09. The Kier molecular flexibility index (Phi) is 2.85. The van der Waals surface area contributed by atoms with Crippen molar-refractivity contribution >= 4 is 6.72 Å². The van der Waals surface area contributed by atoms with E-state index in [4.69, 9.17) is 0 Å². The van der Waals surface area contributed by atoms with Gasteiger partial charge in [-0.1, -0.05) is 26.5 Å². The maximum absolute atomic E-state index is 4.06. The summed E-state index contributed by atoms with van der Waals surface area (Å²) in [7, 11) is 0. The van der Waals surface area contributed by atoms with Crippen LogP contribution in [0, 0.1) is 5.92 Å². The average Bonchev–Trinajstić information content (AvgIpc) is 2.80. The summed E-state index contributed by atoms with van der Waals surface area (Å²) in [4.78, 5) is 0. The second kappa shape index (κ2) is 3.70. The Morgan fingerprint density at radius 3 is 2.42 bits per heavy atom. The first kappa shape index (κ1) is 9.24. The van der Waals surface area contributed by atoms with Gasteiger partial charge in [-0.15, -0.1) is 0 Å². The van der Waals surface area contributed by atoms with Gasteiger partial charge >= 0.3 is 0 Å². The third kappa shape index (κ3) is 2.07. The van der Waals surface area contributed by atoms with Gasteiger partial charge < -0.3 is 0 Å². The molecule has 0 radical (unpaired) electrons. The highest BCUT2D eigenvalue weighted by Crippen LogP contribution is 2.27. The molecule has 0 bridgehead atoms. The lowest BCUT2D eigenvalue weighted by Crippen LogP contribution is -2.15. The fourth-order valence-electron chi connectivity index (χ4n) is 1.34. The van der Waals surface area contributed by atoms with E-state index in [1.807, 2.05) is 6.08 Å². The molecule has 1 fully saturated rings. The lowest BCUT2D eigenvalue weighted by atomic mass is 10.1. The first-order valence-corrected chi connectivity index (χ1v) is 4.59. The van der Waals surface area contributed by atoms with Crippen molar-refractivity contribution in [1.29, 1.82) is 0 Å². The molecule has 1 aliphatic rings. The number of allylic oxidation sites excluding steroid dienone is 3. The SMILES string of the molecule is C=CC=C(C(C)C)[N+](=C)C1CC1. The fourth-order valence-corrected chi connectivity index (χ4v) is 1.34. The second-order valence-electron chi connectivity index (χ2n) is 3.68. The lowest BCUT2D eigenvalue weighted by Gasteiger charge is -2.06. The number of hydrogen-bond acceptors (Lipinski definition) is 0. The van der Waals surface area contributed by atoms with Gasteiger partial charge in [0.2, 0.25) is 0 Å². The van der Waals surface area contributed by atoms with Crippen molar-refractivity contribution in [1.82, 2.24) is 0 Å². The van der Waals surface area contributed by atoms with Crippen LogP contribution in [0.25, 0.3) is 0 Å². The molecular weight excluding hydrogens is 146 g/mol. The highest BCUT2D eigenvalue weighted by Gasteiger charge is 2.34. The zero-order chi connectivity index (χ0) is 9.14. The summed E-state index contributed by atoms with van der Waals surface area (Å²) in [6, 6.07) is 0.693. The largest absolute Gasteiger partial charge is 0.206 e. The molecule has 66 valence electrons. The lowest BCUT2D eigenvalue weighted by molar-refractivity contribution is -0.489. The topological polar surface area (TPSA) is 3.01 Å². The molecule has 12 heavy (non-hydrogen) atoms. The molecule has 1 heteroatoms. The van der Waals surface area contributed by atoms with Gasteiger partial charge in [-0.25, -0.2) is 4.58 Å². The van der Waals surface area contributed by atoms with E-state index in [1.165, 1.54) is 18.5 Å². The van der Waals surface area contributed by atoms with Crippen LogP contribution in [0.1, 0.15) is 26.7 Å². The predicted molar refractivity (Wildman–Crippen MR) is 53.5 cm³/mol. The molecule has 0 aliphatic heterocycles. The van der Waals surface area contributed by atoms with E-state index in [9.17, 15) is 0 Å². The second-order valence-corrected chi connectivity index (χ2v) is 3.68. The van der Waals surface area contributed by atoms with Gasteiger partial charge in [0.05, 0.1) is 0 Å². The molecule has 0 N–H and O–H groups in total. The van der Waals surface area contributed by atoms with Crippen LogP contribution < -0.4 is 0 Å². The summed E-state index contributed by atoms with van der Waals surface area (Å²) in [5.41, 5.74) is 1.30. The molecule has 1 saturated carbocycles. The van der Waals surface area contributed by atoms with E-state index in [0.29, 0.717) is 12.0 Å². The molecule has 1 aliphatic carbocycles. The van der Waals surface area contributed by atoms with Crippen LogP contribution in [-0.4, -0.2) is 17.3 Å². The van der Waals surface area contributed by atoms with Crippen molar-refractivity contribution in [2.24, 2.45) is 5.92 Å². The van der Waals surface area contributed by atoms with Crippen molar-refractivity contribution in [2.75, 3.05) is 0 Å². The fraction of sp³-hybridized carbons (Fsp3) is 0.545. The third-order valence-corrected chi connectivity index (χ3v) is 2.20. The molecule has 0 heterocycles. The van der Waals surface area contributed by atoms with Crippen molar-refractivity contribution < 1.29 is 4.58 Å². The monoisotopic (exact) mass is 164 g/mol. The van der Waals surface area contributed by atoms with Gasteiger partial charge in [0.15, 0.2) is 11.7 Å². The van der Waals surface area contributed by atoms with Gasteiger partial charge in [0.25, 0.3) is 0 Å². The summed E-state index contributed by atoms with van der Waals surface area (Å²) in [6.45, 7) is 12.2. The van der Waals surface area contributed by atoms with Gasteiger partial charge in [0, 0.05) is 24.8 Å². The number of rotatable bonds is 4. The Hall–Kier alpha value is -0.850. The van der Waals surface area contributed by atoms with E-state index in [-0.39, 0.29) is 0 Å². The molecule has 0 saturated heterocycles. The average molecular weight is 164 g/mol. The van der Waals surface area contributed by atoms with Gasteiger partial charge in [-0.2, -0.15) is 0 Å². The van der Waals surface area contributed by atoms with Crippen LogP contribution in [0.3, 0.4) is 0 Å². The minimum atomic E-state index is 0.543. The summed E-state index contributed by atoms with van der Waals surface area (Å²) in [6.07, 6.45) is 6.50. The smallest absolute Gasteiger partial charge is 0.183 e. The summed E-state index contributed by atoms with van der Waals surface area (Å²) < 4.78 is 2.15. The van der Waals surface area contributed by atoms with Crippen molar-refractivity contribution in [3.63, 3.8) is 0 Å². The molecule has 0 aromatic heterocycles. The third-order valence-electron chi connectivity index (χ3n) is 2.20. The van der Waals surface area contributed by atoms with E-state index in [0.717, 1.165) is 0 Å².